The Labute approximate surface area is 153 Å². The molecule has 1 unspecified atom stereocenters. The van der Waals surface area contributed by atoms with Gasteiger partial charge < -0.3 is 20.1 Å². The second-order valence-electron chi connectivity index (χ2n) is 5.62. The number of halogens is 1. The van der Waals surface area contributed by atoms with Crippen LogP contribution in [-0.2, 0) is 16.1 Å². The highest BCUT2D eigenvalue weighted by molar-refractivity contribution is 6.30. The number of ether oxygens (including phenoxy) is 2. The average Bonchev–Trinajstić information content (AvgIpc) is 2.59. The van der Waals surface area contributed by atoms with E-state index in [2.05, 4.69) is 10.6 Å². The van der Waals surface area contributed by atoms with E-state index < -0.39 is 0 Å². The first-order valence-corrected chi connectivity index (χ1v) is 8.45. The van der Waals surface area contributed by atoms with Gasteiger partial charge in [-0.05, 0) is 42.3 Å². The maximum atomic E-state index is 12.2. The molecule has 2 amide bonds. The van der Waals surface area contributed by atoms with Gasteiger partial charge in [-0.1, -0.05) is 35.9 Å². The lowest BCUT2D eigenvalue weighted by molar-refractivity contribution is 0.0617. The second-order valence-corrected chi connectivity index (χ2v) is 6.05. The van der Waals surface area contributed by atoms with Gasteiger partial charge in [-0.15, -0.1) is 0 Å². The second kappa shape index (κ2) is 10.0. The van der Waals surface area contributed by atoms with Crippen LogP contribution in [0, 0.1) is 0 Å². The van der Waals surface area contributed by atoms with E-state index in [0.717, 1.165) is 11.1 Å². The van der Waals surface area contributed by atoms with E-state index in [0.29, 0.717) is 30.5 Å². The first-order chi connectivity index (χ1) is 12.1. The molecule has 0 spiro atoms. The maximum absolute atomic E-state index is 12.2. The number of hydrogen-bond acceptors (Lipinski definition) is 3. The quantitative estimate of drug-likeness (QED) is 0.685. The van der Waals surface area contributed by atoms with E-state index >= 15 is 0 Å². The predicted molar refractivity (Wildman–Crippen MR) is 100.0 cm³/mol. The van der Waals surface area contributed by atoms with E-state index in [-0.39, 0.29) is 12.1 Å². The van der Waals surface area contributed by atoms with Crippen molar-refractivity contribution < 1.29 is 14.3 Å². The van der Waals surface area contributed by atoms with Crippen molar-refractivity contribution in [1.82, 2.24) is 5.32 Å². The van der Waals surface area contributed by atoms with Crippen molar-refractivity contribution in [2.24, 2.45) is 0 Å². The van der Waals surface area contributed by atoms with Crippen LogP contribution in [0.3, 0.4) is 0 Å². The van der Waals surface area contributed by atoms with Gasteiger partial charge in [-0.3, -0.25) is 0 Å². The number of nitrogens with one attached hydrogen (secondary N) is 2. The SMILES string of the molecule is COCCOCc1cccc(NC(=O)NC(C)c2ccc(Cl)cc2)c1. The van der Waals surface area contributed by atoms with Gasteiger partial charge in [0.25, 0.3) is 0 Å². The fourth-order valence-corrected chi connectivity index (χ4v) is 2.40. The number of benzene rings is 2. The topological polar surface area (TPSA) is 59.6 Å². The van der Waals surface area contributed by atoms with Crippen LogP contribution in [0.2, 0.25) is 5.02 Å². The summed E-state index contributed by atoms with van der Waals surface area (Å²) in [6.07, 6.45) is 0. The molecule has 2 N–H and O–H groups in total. The van der Waals surface area contributed by atoms with Crippen molar-refractivity contribution in [3.8, 4) is 0 Å². The number of methoxy groups -OCH3 is 1. The Hall–Kier alpha value is -2.08. The minimum atomic E-state index is -0.264. The normalized spacial score (nSPS) is 11.8. The smallest absolute Gasteiger partial charge is 0.319 e. The van der Waals surface area contributed by atoms with Gasteiger partial charge in [0.2, 0.25) is 0 Å². The molecule has 0 heterocycles. The molecule has 6 heteroatoms. The first kappa shape index (κ1) is 19.2. The van der Waals surface area contributed by atoms with Crippen molar-refractivity contribution in [3.05, 3.63) is 64.7 Å². The molecular formula is C19H23ClN2O3. The third kappa shape index (κ3) is 6.74. The van der Waals surface area contributed by atoms with Gasteiger partial charge >= 0.3 is 6.03 Å². The highest BCUT2D eigenvalue weighted by Gasteiger charge is 2.09. The van der Waals surface area contributed by atoms with Crippen LogP contribution in [0.15, 0.2) is 48.5 Å². The largest absolute Gasteiger partial charge is 0.382 e. The van der Waals surface area contributed by atoms with Crippen molar-refractivity contribution in [1.29, 1.82) is 0 Å². The van der Waals surface area contributed by atoms with Crippen LogP contribution >= 0.6 is 11.6 Å². The Morgan fingerprint density at radius 1 is 1.16 bits per heavy atom. The molecule has 2 rings (SSSR count). The Kier molecular flexibility index (Phi) is 7.73. The molecule has 0 saturated heterocycles. The standard InChI is InChI=1S/C19H23ClN2O3/c1-14(16-6-8-17(20)9-7-16)21-19(23)22-18-5-3-4-15(12-18)13-25-11-10-24-2/h3-9,12,14H,10-11,13H2,1-2H3,(H2,21,22,23). The third-order valence-electron chi connectivity index (χ3n) is 3.60. The average molecular weight is 363 g/mol. The van der Waals surface area contributed by atoms with E-state index in [9.17, 15) is 4.79 Å². The number of carbonyl (C=O) groups is 1. The molecule has 0 bridgehead atoms. The number of carbonyl (C=O) groups excluding carboxylic acids is 1. The monoisotopic (exact) mass is 362 g/mol. The van der Waals surface area contributed by atoms with Crippen LogP contribution in [0.5, 0.6) is 0 Å². The molecule has 2 aromatic rings. The minimum absolute atomic E-state index is 0.127. The molecule has 25 heavy (non-hydrogen) atoms. The molecule has 0 fully saturated rings. The van der Waals surface area contributed by atoms with E-state index in [1.165, 1.54) is 0 Å². The van der Waals surface area contributed by atoms with E-state index in [1.54, 1.807) is 19.2 Å². The molecule has 1 atom stereocenters. The van der Waals surface area contributed by atoms with Gasteiger partial charge in [-0.2, -0.15) is 0 Å². The highest BCUT2D eigenvalue weighted by atomic mass is 35.5. The molecule has 0 aliphatic rings. The fraction of sp³-hybridized carbons (Fsp3) is 0.316. The van der Waals surface area contributed by atoms with Gasteiger partial charge in [0.15, 0.2) is 0 Å². The number of urea groups is 1. The summed E-state index contributed by atoms with van der Waals surface area (Å²) < 4.78 is 10.4. The predicted octanol–water partition coefficient (Wildman–Crippen LogP) is 4.39. The summed E-state index contributed by atoms with van der Waals surface area (Å²) in [5.41, 5.74) is 2.69. The third-order valence-corrected chi connectivity index (χ3v) is 3.85. The highest BCUT2D eigenvalue weighted by Crippen LogP contribution is 2.17. The lowest BCUT2D eigenvalue weighted by Crippen LogP contribution is -2.31. The summed E-state index contributed by atoms with van der Waals surface area (Å²) in [7, 11) is 1.64. The van der Waals surface area contributed by atoms with Crippen LogP contribution < -0.4 is 10.6 Å². The number of rotatable bonds is 8. The van der Waals surface area contributed by atoms with E-state index in [1.807, 2.05) is 43.3 Å². The van der Waals surface area contributed by atoms with Crippen LogP contribution in [0.25, 0.3) is 0 Å². The zero-order chi connectivity index (χ0) is 18.1. The van der Waals surface area contributed by atoms with Crippen molar-refractivity contribution in [3.63, 3.8) is 0 Å². The number of anilines is 1. The molecule has 0 radical (unpaired) electrons. The summed E-state index contributed by atoms with van der Waals surface area (Å²) in [6.45, 7) is 3.49. The number of hydrogen-bond donors (Lipinski definition) is 2. The van der Waals surface area contributed by atoms with Gasteiger partial charge in [0.1, 0.15) is 0 Å². The van der Waals surface area contributed by atoms with Crippen LogP contribution in [0.4, 0.5) is 10.5 Å². The molecule has 0 saturated carbocycles. The van der Waals surface area contributed by atoms with Crippen molar-refractivity contribution in [2.75, 3.05) is 25.6 Å². The van der Waals surface area contributed by atoms with Crippen molar-refractivity contribution >= 4 is 23.3 Å². The molecule has 5 nitrogen and oxygen atoms in total. The van der Waals surface area contributed by atoms with Gasteiger partial charge in [0, 0.05) is 17.8 Å². The molecule has 2 aromatic carbocycles. The summed E-state index contributed by atoms with van der Waals surface area (Å²) >= 11 is 5.88. The number of amides is 2. The van der Waals surface area contributed by atoms with Crippen LogP contribution in [-0.4, -0.2) is 26.4 Å². The maximum Gasteiger partial charge on any atom is 0.319 e. The molecular weight excluding hydrogens is 340 g/mol. The summed E-state index contributed by atoms with van der Waals surface area (Å²) in [5, 5.41) is 6.41. The van der Waals surface area contributed by atoms with E-state index in [4.69, 9.17) is 21.1 Å². The summed E-state index contributed by atoms with van der Waals surface area (Å²) in [5.74, 6) is 0. The van der Waals surface area contributed by atoms with Gasteiger partial charge in [-0.25, -0.2) is 4.79 Å². The zero-order valence-electron chi connectivity index (χ0n) is 14.4. The summed E-state index contributed by atoms with van der Waals surface area (Å²) in [6, 6.07) is 14.6. The lowest BCUT2D eigenvalue weighted by atomic mass is 10.1. The lowest BCUT2D eigenvalue weighted by Gasteiger charge is -2.15. The molecule has 0 aromatic heterocycles. The fourth-order valence-electron chi connectivity index (χ4n) is 2.27. The Bertz CT molecular complexity index is 677. The molecule has 0 aliphatic carbocycles. The zero-order valence-corrected chi connectivity index (χ0v) is 15.2. The van der Waals surface area contributed by atoms with Gasteiger partial charge in [0.05, 0.1) is 25.9 Å². The Morgan fingerprint density at radius 2 is 1.92 bits per heavy atom. The minimum Gasteiger partial charge on any atom is -0.382 e. The molecule has 134 valence electrons. The Balaban J connectivity index is 1.86. The molecule has 0 aliphatic heterocycles. The Morgan fingerprint density at radius 3 is 2.64 bits per heavy atom. The summed E-state index contributed by atoms with van der Waals surface area (Å²) in [4.78, 5) is 12.2. The first-order valence-electron chi connectivity index (χ1n) is 8.07. The van der Waals surface area contributed by atoms with Crippen LogP contribution in [0.1, 0.15) is 24.1 Å². The van der Waals surface area contributed by atoms with Crippen molar-refractivity contribution in [2.45, 2.75) is 19.6 Å².